The van der Waals surface area contributed by atoms with Crippen molar-refractivity contribution in [1.82, 2.24) is 9.55 Å². The highest BCUT2D eigenvalue weighted by Crippen LogP contribution is 2.24. The molecule has 6 heteroatoms. The number of carboxylic acid groups (broad SMARTS) is 1. The summed E-state index contributed by atoms with van der Waals surface area (Å²) in [6, 6.07) is 4.50. The van der Waals surface area contributed by atoms with Crippen LogP contribution in [0.4, 0.5) is 4.39 Å². The highest BCUT2D eigenvalue weighted by molar-refractivity contribution is 7.99. The number of aliphatic carboxylic acids is 1. The van der Waals surface area contributed by atoms with Gasteiger partial charge in [-0.1, -0.05) is 17.8 Å². The standard InChI is InChI=1S/C13H13FN2O2S/c1-8-3-4-10(14)5-11(8)16-6-9(2)15-13(16)19-7-12(17)18/h3-6H,7H2,1-2H3,(H,17,18). The van der Waals surface area contributed by atoms with Crippen LogP contribution in [0.15, 0.2) is 29.6 Å². The molecule has 2 rings (SSSR count). The fourth-order valence-electron chi connectivity index (χ4n) is 1.72. The summed E-state index contributed by atoms with van der Waals surface area (Å²) in [6.45, 7) is 3.69. The third-order valence-electron chi connectivity index (χ3n) is 2.55. The van der Waals surface area contributed by atoms with Crippen molar-refractivity contribution in [2.45, 2.75) is 19.0 Å². The molecule has 0 spiro atoms. The second-order valence-electron chi connectivity index (χ2n) is 4.15. The van der Waals surface area contributed by atoms with E-state index in [9.17, 15) is 9.18 Å². The summed E-state index contributed by atoms with van der Waals surface area (Å²) < 4.78 is 15.1. The van der Waals surface area contributed by atoms with Gasteiger partial charge >= 0.3 is 5.97 Å². The van der Waals surface area contributed by atoms with Crippen LogP contribution < -0.4 is 0 Å². The molecule has 0 radical (unpaired) electrons. The molecule has 0 fully saturated rings. The molecule has 0 aliphatic carbocycles. The lowest BCUT2D eigenvalue weighted by Crippen LogP contribution is -2.02. The number of benzene rings is 1. The number of halogens is 1. The van der Waals surface area contributed by atoms with Crippen molar-refractivity contribution < 1.29 is 14.3 Å². The van der Waals surface area contributed by atoms with E-state index in [4.69, 9.17) is 5.11 Å². The Morgan fingerprint density at radius 3 is 2.89 bits per heavy atom. The van der Waals surface area contributed by atoms with Crippen molar-refractivity contribution >= 4 is 17.7 Å². The van der Waals surface area contributed by atoms with Crippen LogP contribution in [-0.2, 0) is 4.79 Å². The normalized spacial score (nSPS) is 10.7. The van der Waals surface area contributed by atoms with E-state index in [1.165, 1.54) is 12.1 Å². The van der Waals surface area contributed by atoms with Crippen LogP contribution in [-0.4, -0.2) is 26.4 Å². The molecular weight excluding hydrogens is 267 g/mol. The van der Waals surface area contributed by atoms with E-state index in [0.717, 1.165) is 23.0 Å². The molecule has 1 aromatic carbocycles. The summed E-state index contributed by atoms with van der Waals surface area (Å²) in [6.07, 6.45) is 1.77. The lowest BCUT2D eigenvalue weighted by atomic mass is 10.2. The molecule has 0 unspecified atom stereocenters. The summed E-state index contributed by atoms with van der Waals surface area (Å²) in [5, 5.41) is 9.27. The Hall–Kier alpha value is -1.82. The van der Waals surface area contributed by atoms with Gasteiger partial charge in [-0.25, -0.2) is 9.37 Å². The van der Waals surface area contributed by atoms with Crippen LogP contribution in [0, 0.1) is 19.7 Å². The molecule has 1 heterocycles. The zero-order valence-corrected chi connectivity index (χ0v) is 11.4. The minimum Gasteiger partial charge on any atom is -0.481 e. The first-order chi connectivity index (χ1) is 8.97. The summed E-state index contributed by atoms with van der Waals surface area (Å²) in [4.78, 5) is 14.9. The fraction of sp³-hybridized carbons (Fsp3) is 0.231. The fourth-order valence-corrected chi connectivity index (χ4v) is 2.47. The highest BCUT2D eigenvalue weighted by Gasteiger charge is 2.12. The van der Waals surface area contributed by atoms with Gasteiger partial charge in [0, 0.05) is 6.20 Å². The van der Waals surface area contributed by atoms with Gasteiger partial charge in [0.15, 0.2) is 5.16 Å². The van der Waals surface area contributed by atoms with Crippen LogP contribution in [0.3, 0.4) is 0 Å². The molecule has 1 aromatic heterocycles. The largest absolute Gasteiger partial charge is 0.481 e. The summed E-state index contributed by atoms with van der Waals surface area (Å²) in [5.41, 5.74) is 2.33. The van der Waals surface area contributed by atoms with Crippen LogP contribution in [0.1, 0.15) is 11.3 Å². The average molecular weight is 280 g/mol. The van der Waals surface area contributed by atoms with Crippen molar-refractivity contribution in [3.8, 4) is 5.69 Å². The molecule has 4 nitrogen and oxygen atoms in total. The van der Waals surface area contributed by atoms with Crippen molar-refractivity contribution in [2.75, 3.05) is 5.75 Å². The molecule has 0 saturated heterocycles. The first-order valence-electron chi connectivity index (χ1n) is 5.64. The number of hydrogen-bond donors (Lipinski definition) is 1. The molecule has 0 bridgehead atoms. The van der Waals surface area contributed by atoms with Crippen molar-refractivity contribution in [2.24, 2.45) is 0 Å². The van der Waals surface area contributed by atoms with E-state index < -0.39 is 5.97 Å². The van der Waals surface area contributed by atoms with Gasteiger partial charge in [0.05, 0.1) is 17.1 Å². The van der Waals surface area contributed by atoms with Gasteiger partial charge in [-0.15, -0.1) is 0 Å². The monoisotopic (exact) mass is 280 g/mol. The third-order valence-corrected chi connectivity index (χ3v) is 3.49. The van der Waals surface area contributed by atoms with Gasteiger partial charge in [0.2, 0.25) is 0 Å². The summed E-state index contributed by atoms with van der Waals surface area (Å²) in [5.74, 6) is -1.32. The third kappa shape index (κ3) is 3.14. The Morgan fingerprint density at radius 1 is 1.47 bits per heavy atom. The Kier molecular flexibility index (Phi) is 3.90. The zero-order chi connectivity index (χ0) is 14.0. The van der Waals surface area contributed by atoms with Gasteiger partial charge < -0.3 is 5.11 Å². The summed E-state index contributed by atoms with van der Waals surface area (Å²) >= 11 is 1.12. The van der Waals surface area contributed by atoms with Crippen molar-refractivity contribution in [1.29, 1.82) is 0 Å². The van der Waals surface area contributed by atoms with E-state index in [0.29, 0.717) is 10.8 Å². The Morgan fingerprint density at radius 2 is 2.21 bits per heavy atom. The van der Waals surface area contributed by atoms with E-state index in [-0.39, 0.29) is 11.6 Å². The minimum absolute atomic E-state index is 0.0786. The highest BCUT2D eigenvalue weighted by atomic mass is 32.2. The molecule has 0 aliphatic heterocycles. The number of rotatable bonds is 4. The number of imidazole rings is 1. The molecule has 2 aromatic rings. The van der Waals surface area contributed by atoms with Crippen LogP contribution in [0.25, 0.3) is 5.69 Å². The Bertz CT molecular complexity index is 625. The van der Waals surface area contributed by atoms with Crippen LogP contribution in [0.2, 0.25) is 0 Å². The molecule has 0 amide bonds. The maximum absolute atomic E-state index is 13.4. The second kappa shape index (κ2) is 5.44. The molecule has 0 saturated carbocycles. The predicted octanol–water partition coefficient (Wildman–Crippen LogP) is 2.80. The maximum atomic E-state index is 13.4. The lowest BCUT2D eigenvalue weighted by molar-refractivity contribution is -0.133. The number of thioether (sulfide) groups is 1. The van der Waals surface area contributed by atoms with Gasteiger partial charge in [-0.3, -0.25) is 9.36 Å². The topological polar surface area (TPSA) is 55.1 Å². The van der Waals surface area contributed by atoms with Gasteiger partial charge in [-0.2, -0.15) is 0 Å². The zero-order valence-electron chi connectivity index (χ0n) is 10.6. The van der Waals surface area contributed by atoms with Gasteiger partial charge in [-0.05, 0) is 31.5 Å². The van der Waals surface area contributed by atoms with E-state index in [1.807, 2.05) is 13.8 Å². The molecular formula is C13H13FN2O2S. The second-order valence-corrected chi connectivity index (χ2v) is 5.09. The average Bonchev–Trinajstić information content (AvgIpc) is 2.71. The number of aryl methyl sites for hydroxylation is 2. The Balaban J connectivity index is 2.43. The predicted molar refractivity (Wildman–Crippen MR) is 71.4 cm³/mol. The van der Waals surface area contributed by atoms with Gasteiger partial charge in [0.1, 0.15) is 5.82 Å². The minimum atomic E-state index is -0.909. The number of aromatic nitrogens is 2. The maximum Gasteiger partial charge on any atom is 0.313 e. The first-order valence-corrected chi connectivity index (χ1v) is 6.63. The summed E-state index contributed by atoms with van der Waals surface area (Å²) in [7, 11) is 0. The lowest BCUT2D eigenvalue weighted by Gasteiger charge is -2.09. The van der Waals surface area contributed by atoms with E-state index in [2.05, 4.69) is 4.98 Å². The first kappa shape index (κ1) is 13.6. The number of hydrogen-bond acceptors (Lipinski definition) is 3. The molecule has 1 N–H and O–H groups in total. The van der Waals surface area contributed by atoms with Crippen molar-refractivity contribution in [3.63, 3.8) is 0 Å². The number of nitrogens with zero attached hydrogens (tertiary/aromatic N) is 2. The number of carbonyl (C=O) groups is 1. The van der Waals surface area contributed by atoms with Crippen molar-refractivity contribution in [3.05, 3.63) is 41.5 Å². The van der Waals surface area contributed by atoms with Crippen LogP contribution in [0.5, 0.6) is 0 Å². The Labute approximate surface area is 114 Å². The van der Waals surface area contributed by atoms with E-state index >= 15 is 0 Å². The molecule has 0 atom stereocenters. The SMILES string of the molecule is Cc1cn(-c2cc(F)ccc2C)c(SCC(=O)O)n1. The van der Waals surface area contributed by atoms with Crippen LogP contribution >= 0.6 is 11.8 Å². The molecule has 19 heavy (non-hydrogen) atoms. The smallest absolute Gasteiger partial charge is 0.313 e. The van der Waals surface area contributed by atoms with E-state index in [1.54, 1.807) is 16.8 Å². The quantitative estimate of drug-likeness (QED) is 0.875. The number of carboxylic acids is 1. The molecule has 100 valence electrons. The molecule has 0 aliphatic rings. The van der Waals surface area contributed by atoms with Gasteiger partial charge in [0.25, 0.3) is 0 Å².